The van der Waals surface area contributed by atoms with Gasteiger partial charge in [0.2, 0.25) is 5.91 Å². The van der Waals surface area contributed by atoms with Crippen molar-refractivity contribution in [1.29, 1.82) is 0 Å². The summed E-state index contributed by atoms with van der Waals surface area (Å²) in [4.78, 5) is 22.6. The highest BCUT2D eigenvalue weighted by Crippen LogP contribution is 2.15. The molecule has 0 saturated carbocycles. The molecule has 20 heavy (non-hydrogen) atoms. The first-order chi connectivity index (χ1) is 9.49. The zero-order valence-corrected chi connectivity index (χ0v) is 12.5. The van der Waals surface area contributed by atoms with Gasteiger partial charge in [-0.3, -0.25) is 9.59 Å². The number of nitrogens with one attached hydrogen (secondary N) is 2. The molecule has 5 nitrogen and oxygen atoms in total. The van der Waals surface area contributed by atoms with Crippen LogP contribution in [0.5, 0.6) is 5.75 Å². The molecule has 110 valence electrons. The van der Waals surface area contributed by atoms with Gasteiger partial charge in [0.25, 0.3) is 5.91 Å². The number of halogens is 2. The number of benzene rings is 1. The standard InChI is InChI=1S/C13H16Cl2N2O3/c1-9(14)13(19)17-7-6-16-12(18)8-20-11-4-2-10(15)3-5-11/h2-5,9H,6-8H2,1H3,(H,16,18)(H,17,19). The third kappa shape index (κ3) is 6.63. The summed E-state index contributed by atoms with van der Waals surface area (Å²) in [6.07, 6.45) is 0. The summed E-state index contributed by atoms with van der Waals surface area (Å²) in [6, 6.07) is 6.71. The Balaban J connectivity index is 2.14. The second-order valence-electron chi connectivity index (χ2n) is 4.00. The van der Waals surface area contributed by atoms with Gasteiger partial charge in [0.05, 0.1) is 0 Å². The number of rotatable bonds is 7. The van der Waals surface area contributed by atoms with Gasteiger partial charge in [0.1, 0.15) is 11.1 Å². The summed E-state index contributed by atoms with van der Waals surface area (Å²) in [6.45, 7) is 2.12. The molecule has 0 spiro atoms. The Morgan fingerprint density at radius 1 is 1.20 bits per heavy atom. The smallest absolute Gasteiger partial charge is 0.258 e. The average molecular weight is 319 g/mol. The first-order valence-electron chi connectivity index (χ1n) is 6.06. The highest BCUT2D eigenvalue weighted by Gasteiger charge is 2.07. The summed E-state index contributed by atoms with van der Waals surface area (Å²) in [5.74, 6) is 0.0280. The number of hydrogen-bond acceptors (Lipinski definition) is 3. The van der Waals surface area contributed by atoms with Crippen molar-refractivity contribution in [2.75, 3.05) is 19.7 Å². The summed E-state index contributed by atoms with van der Waals surface area (Å²) in [5.41, 5.74) is 0. The van der Waals surface area contributed by atoms with E-state index in [4.69, 9.17) is 27.9 Å². The number of alkyl halides is 1. The average Bonchev–Trinajstić information content (AvgIpc) is 2.42. The highest BCUT2D eigenvalue weighted by molar-refractivity contribution is 6.30. The Bertz CT molecular complexity index is 449. The maximum absolute atomic E-state index is 11.5. The lowest BCUT2D eigenvalue weighted by molar-refractivity contribution is -0.124. The molecule has 2 amide bonds. The minimum atomic E-state index is -0.584. The number of ether oxygens (including phenoxy) is 1. The van der Waals surface area contributed by atoms with E-state index in [9.17, 15) is 9.59 Å². The minimum Gasteiger partial charge on any atom is -0.484 e. The SMILES string of the molecule is CC(Cl)C(=O)NCCNC(=O)COc1ccc(Cl)cc1. The van der Waals surface area contributed by atoms with Crippen LogP contribution >= 0.6 is 23.2 Å². The van der Waals surface area contributed by atoms with E-state index in [1.54, 1.807) is 31.2 Å². The topological polar surface area (TPSA) is 67.4 Å². The fourth-order valence-electron chi connectivity index (χ4n) is 1.26. The van der Waals surface area contributed by atoms with Crippen molar-refractivity contribution in [3.63, 3.8) is 0 Å². The molecule has 0 saturated heterocycles. The van der Waals surface area contributed by atoms with Gasteiger partial charge in [-0.15, -0.1) is 11.6 Å². The van der Waals surface area contributed by atoms with Gasteiger partial charge in [-0.25, -0.2) is 0 Å². The van der Waals surface area contributed by atoms with Crippen molar-refractivity contribution in [1.82, 2.24) is 10.6 Å². The summed E-state index contributed by atoms with van der Waals surface area (Å²) in [5, 5.41) is 5.21. The van der Waals surface area contributed by atoms with Crippen LogP contribution in [0.4, 0.5) is 0 Å². The van der Waals surface area contributed by atoms with E-state index in [2.05, 4.69) is 10.6 Å². The predicted octanol–water partition coefficient (Wildman–Crippen LogP) is 1.58. The molecule has 1 aromatic rings. The van der Waals surface area contributed by atoms with Crippen molar-refractivity contribution in [2.24, 2.45) is 0 Å². The van der Waals surface area contributed by atoms with E-state index < -0.39 is 5.38 Å². The lowest BCUT2D eigenvalue weighted by Crippen LogP contribution is -2.38. The largest absolute Gasteiger partial charge is 0.484 e. The first kappa shape index (κ1) is 16.6. The van der Waals surface area contributed by atoms with Gasteiger partial charge >= 0.3 is 0 Å². The molecule has 1 atom stereocenters. The molecule has 0 aliphatic rings. The third-order valence-electron chi connectivity index (χ3n) is 2.29. The molecule has 0 radical (unpaired) electrons. The molecule has 0 aliphatic heterocycles. The van der Waals surface area contributed by atoms with Crippen LogP contribution in [-0.2, 0) is 9.59 Å². The highest BCUT2D eigenvalue weighted by atomic mass is 35.5. The molecule has 1 unspecified atom stereocenters. The molecule has 0 fully saturated rings. The summed E-state index contributed by atoms with van der Waals surface area (Å²) in [7, 11) is 0. The molecular formula is C13H16Cl2N2O3. The van der Waals surface area contributed by atoms with Gasteiger partial charge in [-0.1, -0.05) is 11.6 Å². The van der Waals surface area contributed by atoms with E-state index in [1.807, 2.05) is 0 Å². The Morgan fingerprint density at radius 2 is 1.80 bits per heavy atom. The van der Waals surface area contributed by atoms with Crippen molar-refractivity contribution in [2.45, 2.75) is 12.3 Å². The zero-order valence-electron chi connectivity index (χ0n) is 11.0. The number of carbonyl (C=O) groups is 2. The van der Waals surface area contributed by atoms with Crippen LogP contribution in [0.3, 0.4) is 0 Å². The number of hydrogen-bond donors (Lipinski definition) is 2. The molecule has 0 bridgehead atoms. The Kier molecular flexibility index (Phi) is 7.18. The van der Waals surface area contributed by atoms with E-state index >= 15 is 0 Å². The molecule has 0 aromatic heterocycles. The van der Waals surface area contributed by atoms with Crippen LogP contribution < -0.4 is 15.4 Å². The quantitative estimate of drug-likeness (QED) is 0.592. The fraction of sp³-hybridized carbons (Fsp3) is 0.385. The normalized spacial score (nSPS) is 11.6. The number of amides is 2. The molecule has 0 aliphatic carbocycles. The third-order valence-corrected chi connectivity index (χ3v) is 2.74. The first-order valence-corrected chi connectivity index (χ1v) is 6.87. The van der Waals surface area contributed by atoms with Crippen LogP contribution in [0, 0.1) is 0 Å². The summed E-state index contributed by atoms with van der Waals surface area (Å²) < 4.78 is 5.26. The lowest BCUT2D eigenvalue weighted by Gasteiger charge is -2.09. The Labute approximate surface area is 127 Å². The van der Waals surface area contributed by atoms with E-state index in [1.165, 1.54) is 0 Å². The molecule has 2 N–H and O–H groups in total. The van der Waals surface area contributed by atoms with Crippen molar-refractivity contribution < 1.29 is 14.3 Å². The van der Waals surface area contributed by atoms with Crippen LogP contribution in [0.1, 0.15) is 6.92 Å². The minimum absolute atomic E-state index is 0.0957. The maximum Gasteiger partial charge on any atom is 0.258 e. The predicted molar refractivity (Wildman–Crippen MR) is 78.3 cm³/mol. The van der Waals surface area contributed by atoms with Gasteiger partial charge in [-0.2, -0.15) is 0 Å². The zero-order chi connectivity index (χ0) is 15.0. The second kappa shape index (κ2) is 8.66. The lowest BCUT2D eigenvalue weighted by atomic mass is 10.3. The Hall–Kier alpha value is -1.46. The molecule has 7 heteroatoms. The van der Waals surface area contributed by atoms with Gasteiger partial charge in [0, 0.05) is 18.1 Å². The van der Waals surface area contributed by atoms with Crippen molar-refractivity contribution >= 4 is 35.0 Å². The van der Waals surface area contributed by atoms with Gasteiger partial charge < -0.3 is 15.4 Å². The summed E-state index contributed by atoms with van der Waals surface area (Å²) >= 11 is 11.3. The van der Waals surface area contributed by atoms with Crippen LogP contribution in [0.2, 0.25) is 5.02 Å². The molecule has 0 heterocycles. The van der Waals surface area contributed by atoms with Crippen molar-refractivity contribution in [3.8, 4) is 5.75 Å². The van der Waals surface area contributed by atoms with Crippen LogP contribution in [-0.4, -0.2) is 36.9 Å². The van der Waals surface area contributed by atoms with Crippen LogP contribution in [0.25, 0.3) is 0 Å². The van der Waals surface area contributed by atoms with Crippen LogP contribution in [0.15, 0.2) is 24.3 Å². The maximum atomic E-state index is 11.5. The van der Waals surface area contributed by atoms with Gasteiger partial charge in [-0.05, 0) is 31.2 Å². The number of carbonyl (C=O) groups excluding carboxylic acids is 2. The van der Waals surface area contributed by atoms with Gasteiger partial charge in [0.15, 0.2) is 6.61 Å². The monoisotopic (exact) mass is 318 g/mol. The Morgan fingerprint density at radius 3 is 2.40 bits per heavy atom. The van der Waals surface area contributed by atoms with Crippen molar-refractivity contribution in [3.05, 3.63) is 29.3 Å². The fourth-order valence-corrected chi connectivity index (χ4v) is 1.46. The van der Waals surface area contributed by atoms with E-state index in [-0.39, 0.29) is 18.4 Å². The van der Waals surface area contributed by atoms with E-state index in [0.29, 0.717) is 23.9 Å². The van der Waals surface area contributed by atoms with E-state index in [0.717, 1.165) is 0 Å². The molecular weight excluding hydrogens is 303 g/mol. The molecule has 1 rings (SSSR count). The second-order valence-corrected chi connectivity index (χ2v) is 5.09. The molecule has 1 aromatic carbocycles.